The van der Waals surface area contributed by atoms with Gasteiger partial charge in [-0.3, -0.25) is 4.98 Å². The van der Waals surface area contributed by atoms with Crippen molar-refractivity contribution >= 4 is 15.9 Å². The van der Waals surface area contributed by atoms with Crippen LogP contribution in [0.3, 0.4) is 0 Å². The van der Waals surface area contributed by atoms with Crippen molar-refractivity contribution in [1.82, 2.24) is 15.6 Å². The summed E-state index contributed by atoms with van der Waals surface area (Å²) >= 11 is 3.40. The molecule has 1 atom stereocenters. The Morgan fingerprint density at radius 1 is 1.36 bits per heavy atom. The van der Waals surface area contributed by atoms with Crippen molar-refractivity contribution in [3.05, 3.63) is 28.5 Å². The van der Waals surface area contributed by atoms with Crippen LogP contribution in [0.25, 0.3) is 0 Å². The van der Waals surface area contributed by atoms with Gasteiger partial charge in [0.1, 0.15) is 0 Å². The van der Waals surface area contributed by atoms with E-state index < -0.39 is 0 Å². The van der Waals surface area contributed by atoms with Gasteiger partial charge < -0.3 is 10.6 Å². The van der Waals surface area contributed by atoms with Crippen LogP contribution in [0.5, 0.6) is 0 Å². The van der Waals surface area contributed by atoms with Crippen molar-refractivity contribution in [2.75, 3.05) is 19.6 Å². The summed E-state index contributed by atoms with van der Waals surface area (Å²) < 4.78 is 1.04. The Kier molecular flexibility index (Phi) is 1.90. The molecule has 74 valence electrons. The van der Waals surface area contributed by atoms with Crippen LogP contribution >= 0.6 is 15.9 Å². The molecule has 2 aliphatic rings. The summed E-state index contributed by atoms with van der Waals surface area (Å²) in [5.41, 5.74) is 1.63. The second-order valence-electron chi connectivity index (χ2n) is 4.18. The van der Waals surface area contributed by atoms with Crippen LogP contribution in [0.1, 0.15) is 11.7 Å². The summed E-state index contributed by atoms with van der Waals surface area (Å²) in [5.74, 6) is 0. The first-order valence-electron chi connectivity index (χ1n) is 4.86. The summed E-state index contributed by atoms with van der Waals surface area (Å²) in [5, 5.41) is 6.79. The van der Waals surface area contributed by atoms with Crippen molar-refractivity contribution in [2.24, 2.45) is 5.41 Å². The normalized spacial score (nSPS) is 28.2. The number of hydrogen-bond donors (Lipinski definition) is 2. The Hall–Kier alpha value is -0.450. The molecule has 3 heterocycles. The van der Waals surface area contributed by atoms with E-state index in [2.05, 4.69) is 43.7 Å². The fourth-order valence-electron chi connectivity index (χ4n) is 2.24. The standard InChI is InChI=1S/C10H12BrN3/c11-7-1-2-8(13-3-7)9-10(6-14-9)4-12-5-10/h1-3,9,12,14H,4-6H2. The van der Waals surface area contributed by atoms with Crippen LogP contribution in [0.15, 0.2) is 22.8 Å². The van der Waals surface area contributed by atoms with Crippen LogP contribution < -0.4 is 10.6 Å². The van der Waals surface area contributed by atoms with Crippen molar-refractivity contribution in [2.45, 2.75) is 6.04 Å². The number of pyridine rings is 1. The number of nitrogens with one attached hydrogen (secondary N) is 2. The first-order valence-corrected chi connectivity index (χ1v) is 5.65. The van der Waals surface area contributed by atoms with Crippen LogP contribution in [-0.4, -0.2) is 24.6 Å². The van der Waals surface area contributed by atoms with Gasteiger partial charge in [0.05, 0.1) is 11.7 Å². The Labute approximate surface area is 91.4 Å². The molecule has 0 bridgehead atoms. The predicted molar refractivity (Wildman–Crippen MR) is 58.0 cm³/mol. The largest absolute Gasteiger partial charge is 0.315 e. The molecule has 2 N–H and O–H groups in total. The lowest BCUT2D eigenvalue weighted by molar-refractivity contribution is 0.0184. The lowest BCUT2D eigenvalue weighted by atomic mass is 9.67. The molecule has 1 aromatic heterocycles. The minimum Gasteiger partial charge on any atom is -0.315 e. The van der Waals surface area contributed by atoms with E-state index in [1.165, 1.54) is 5.69 Å². The summed E-state index contributed by atoms with van der Waals surface area (Å²) in [6, 6.07) is 4.61. The third kappa shape index (κ3) is 1.14. The molecule has 2 saturated heterocycles. The first-order chi connectivity index (χ1) is 6.80. The highest BCUT2D eigenvalue weighted by Crippen LogP contribution is 2.43. The van der Waals surface area contributed by atoms with E-state index in [0.717, 1.165) is 24.1 Å². The molecule has 3 rings (SSSR count). The quantitative estimate of drug-likeness (QED) is 0.787. The van der Waals surface area contributed by atoms with Crippen molar-refractivity contribution in [1.29, 1.82) is 0 Å². The number of hydrogen-bond acceptors (Lipinski definition) is 3. The maximum atomic E-state index is 4.44. The van der Waals surface area contributed by atoms with Crippen molar-refractivity contribution in [3.63, 3.8) is 0 Å². The Morgan fingerprint density at radius 3 is 2.64 bits per heavy atom. The number of rotatable bonds is 1. The van der Waals surface area contributed by atoms with E-state index >= 15 is 0 Å². The van der Waals surface area contributed by atoms with Crippen molar-refractivity contribution in [3.8, 4) is 0 Å². The van der Waals surface area contributed by atoms with Crippen LogP contribution in [0.4, 0.5) is 0 Å². The van der Waals surface area contributed by atoms with Gasteiger partial charge in [-0.05, 0) is 28.1 Å². The molecule has 0 amide bonds. The van der Waals surface area contributed by atoms with Crippen LogP contribution in [0.2, 0.25) is 0 Å². The highest BCUT2D eigenvalue weighted by atomic mass is 79.9. The minimum absolute atomic E-state index is 0.455. The van der Waals surface area contributed by atoms with Gasteiger partial charge in [-0.2, -0.15) is 0 Å². The molecule has 4 heteroatoms. The average Bonchev–Trinajstić information content (AvgIpc) is 2.04. The van der Waals surface area contributed by atoms with Gasteiger partial charge in [-0.15, -0.1) is 0 Å². The highest BCUT2D eigenvalue weighted by molar-refractivity contribution is 9.10. The molecule has 1 aromatic rings. The molecular formula is C10H12BrN3. The van der Waals surface area contributed by atoms with Crippen molar-refractivity contribution < 1.29 is 0 Å². The van der Waals surface area contributed by atoms with E-state index in [-0.39, 0.29) is 0 Å². The summed E-state index contributed by atoms with van der Waals surface area (Å²) in [6.07, 6.45) is 1.87. The molecule has 0 aliphatic carbocycles. The van der Waals surface area contributed by atoms with Gasteiger partial charge in [0.15, 0.2) is 0 Å². The zero-order valence-corrected chi connectivity index (χ0v) is 9.34. The SMILES string of the molecule is Brc1ccc(C2NCC23CNC3)nc1. The fraction of sp³-hybridized carbons (Fsp3) is 0.500. The summed E-state index contributed by atoms with van der Waals surface area (Å²) in [6.45, 7) is 3.38. The average molecular weight is 254 g/mol. The van der Waals surface area contributed by atoms with Gasteiger partial charge in [-0.1, -0.05) is 0 Å². The molecule has 1 spiro atoms. The molecule has 3 nitrogen and oxygen atoms in total. The smallest absolute Gasteiger partial charge is 0.0589 e. The number of aromatic nitrogens is 1. The fourth-order valence-corrected chi connectivity index (χ4v) is 2.48. The molecule has 1 unspecified atom stereocenters. The summed E-state index contributed by atoms with van der Waals surface area (Å²) in [7, 11) is 0. The molecule has 0 aromatic carbocycles. The van der Waals surface area contributed by atoms with Gasteiger partial charge in [0.25, 0.3) is 0 Å². The molecular weight excluding hydrogens is 242 g/mol. The predicted octanol–water partition coefficient (Wildman–Crippen LogP) is 1.08. The molecule has 2 aliphatic heterocycles. The number of nitrogens with zero attached hydrogens (tertiary/aromatic N) is 1. The lowest BCUT2D eigenvalue weighted by Crippen LogP contribution is -2.71. The molecule has 2 fully saturated rings. The van der Waals surface area contributed by atoms with Gasteiger partial charge in [-0.25, -0.2) is 0 Å². The second-order valence-corrected chi connectivity index (χ2v) is 5.10. The van der Waals surface area contributed by atoms with Gasteiger partial charge in [0, 0.05) is 35.7 Å². The summed E-state index contributed by atoms with van der Waals surface area (Å²) in [4.78, 5) is 4.44. The van der Waals surface area contributed by atoms with Gasteiger partial charge >= 0.3 is 0 Å². The highest BCUT2D eigenvalue weighted by Gasteiger charge is 2.52. The molecule has 0 radical (unpaired) electrons. The van der Waals surface area contributed by atoms with E-state index in [1.807, 2.05) is 6.20 Å². The van der Waals surface area contributed by atoms with Gasteiger partial charge in [0.2, 0.25) is 0 Å². The first kappa shape index (κ1) is 8.83. The maximum Gasteiger partial charge on any atom is 0.0589 e. The lowest BCUT2D eigenvalue weighted by Gasteiger charge is -2.56. The van der Waals surface area contributed by atoms with Crippen LogP contribution in [-0.2, 0) is 0 Å². The third-order valence-corrected chi connectivity index (χ3v) is 3.74. The van der Waals surface area contributed by atoms with E-state index in [1.54, 1.807) is 0 Å². The Bertz CT molecular complexity index is 339. The zero-order valence-electron chi connectivity index (χ0n) is 7.76. The molecule has 14 heavy (non-hydrogen) atoms. The molecule has 0 saturated carbocycles. The van der Waals surface area contributed by atoms with E-state index in [0.29, 0.717) is 11.5 Å². The zero-order chi connectivity index (χ0) is 9.60. The monoisotopic (exact) mass is 253 g/mol. The van der Waals surface area contributed by atoms with E-state index in [9.17, 15) is 0 Å². The maximum absolute atomic E-state index is 4.44. The second kappa shape index (κ2) is 3.02. The topological polar surface area (TPSA) is 37.0 Å². The Morgan fingerprint density at radius 2 is 2.21 bits per heavy atom. The third-order valence-electron chi connectivity index (χ3n) is 3.27. The number of halogens is 1. The minimum atomic E-state index is 0.455. The van der Waals surface area contributed by atoms with Crippen LogP contribution in [0, 0.1) is 5.41 Å². The Balaban J connectivity index is 1.85. The van der Waals surface area contributed by atoms with E-state index in [4.69, 9.17) is 0 Å².